The molecule has 8 nitrogen and oxygen atoms in total. The molecule has 3 aliphatic rings. The van der Waals surface area contributed by atoms with Crippen molar-refractivity contribution in [2.45, 2.75) is 37.3 Å². The second-order valence-corrected chi connectivity index (χ2v) is 11.2. The van der Waals surface area contributed by atoms with E-state index in [0.29, 0.717) is 65.7 Å². The Hall–Kier alpha value is -3.43. The third-order valence-electron chi connectivity index (χ3n) is 8.74. The van der Waals surface area contributed by atoms with Gasteiger partial charge in [-0.3, -0.25) is 9.59 Å². The van der Waals surface area contributed by atoms with Gasteiger partial charge in [-0.15, -0.1) is 0 Å². The molecule has 1 N–H and O–H groups in total. The topological polar surface area (TPSA) is 110 Å². The molecule has 42 heavy (non-hydrogen) atoms. The van der Waals surface area contributed by atoms with Gasteiger partial charge in [0, 0.05) is 36.0 Å². The molecular formula is C33H29N2NaO6. The zero-order valence-electron chi connectivity index (χ0n) is 23.6. The minimum absolute atomic E-state index is 0. The first kappa shape index (κ1) is 28.7. The van der Waals surface area contributed by atoms with Gasteiger partial charge in [0.25, 0.3) is 0 Å². The van der Waals surface area contributed by atoms with Crippen molar-refractivity contribution in [3.63, 3.8) is 0 Å². The molecule has 7 rings (SSSR count). The van der Waals surface area contributed by atoms with Crippen LogP contribution >= 0.6 is 0 Å². The molecule has 208 valence electrons. The molecule has 3 heterocycles. The number of benzene rings is 3. The smallest absolute Gasteiger partial charge is 0.545 e. The van der Waals surface area contributed by atoms with E-state index in [2.05, 4.69) is 9.88 Å². The Balaban J connectivity index is 0.00000316. The maximum atomic E-state index is 14.4. The predicted octanol–water partition coefficient (Wildman–Crippen LogP) is 1.22. The number of aromatic nitrogens is 1. The number of Topliss-reactive ketones (excluding diaryl/α,β-unsaturated/α-hetero) is 2. The van der Waals surface area contributed by atoms with Gasteiger partial charge < -0.3 is 29.3 Å². The molecular weight excluding hydrogens is 543 g/mol. The number of piperidine rings is 1. The first-order chi connectivity index (χ1) is 19.9. The van der Waals surface area contributed by atoms with Crippen LogP contribution in [0.3, 0.4) is 0 Å². The number of nitrogens with one attached hydrogen (secondary N) is 1. The van der Waals surface area contributed by atoms with Gasteiger partial charge in [0.05, 0.1) is 24.2 Å². The van der Waals surface area contributed by atoms with E-state index in [0.717, 1.165) is 23.7 Å². The zero-order valence-corrected chi connectivity index (χ0v) is 25.6. The van der Waals surface area contributed by atoms with Crippen molar-refractivity contribution < 1.29 is 58.5 Å². The van der Waals surface area contributed by atoms with Gasteiger partial charge in [0.2, 0.25) is 0 Å². The minimum atomic E-state index is -1.28. The Bertz CT molecular complexity index is 1730. The molecule has 1 atom stereocenters. The average Bonchev–Trinajstić information content (AvgIpc) is 3.75. The van der Waals surface area contributed by atoms with Gasteiger partial charge in [0.1, 0.15) is 23.0 Å². The third-order valence-corrected chi connectivity index (χ3v) is 8.74. The fourth-order valence-electron chi connectivity index (χ4n) is 6.46. The molecule has 0 radical (unpaired) electrons. The number of methoxy groups -OCH3 is 1. The van der Waals surface area contributed by atoms with Gasteiger partial charge >= 0.3 is 29.6 Å². The number of carboxylic acids is 1. The minimum Gasteiger partial charge on any atom is -0.545 e. The summed E-state index contributed by atoms with van der Waals surface area (Å²) in [7, 11) is 1.59. The molecule has 9 heteroatoms. The molecule has 1 saturated carbocycles. The van der Waals surface area contributed by atoms with Crippen LogP contribution < -0.4 is 49.5 Å². The normalized spacial score (nSPS) is 19.1. The number of ether oxygens (including phenoxy) is 2. The zero-order chi connectivity index (χ0) is 28.3. The number of hydrogen-bond donors (Lipinski definition) is 1. The van der Waals surface area contributed by atoms with Crippen molar-refractivity contribution in [1.82, 2.24) is 9.88 Å². The number of hydrogen-bond acceptors (Lipinski definition) is 7. The van der Waals surface area contributed by atoms with Crippen LogP contribution in [0.25, 0.3) is 22.0 Å². The SMILES string of the molecule is COc1cc(C(=O)[C@@H]2C(=O)c3cc(-c4cccc(C(=O)[O-])c4)ccc3OC23CCNCC3)cc2c1ccn2C1CC1.[Na+]. The van der Waals surface area contributed by atoms with Crippen LogP contribution in [-0.4, -0.2) is 47.9 Å². The van der Waals surface area contributed by atoms with Crippen LogP contribution in [0.4, 0.5) is 0 Å². The summed E-state index contributed by atoms with van der Waals surface area (Å²) < 4.78 is 14.5. The number of carboxylic acid groups (broad SMARTS) is 1. The number of nitrogens with zero attached hydrogens (tertiary/aromatic N) is 1. The van der Waals surface area contributed by atoms with Crippen LogP contribution in [0.15, 0.2) is 66.9 Å². The van der Waals surface area contributed by atoms with E-state index >= 15 is 0 Å². The standard InChI is InChI=1S/C33H30N2O6.Na/c1-40-28-18-22(17-26-24(28)9-14-35(26)23-6-7-23)30(36)29-31(37)25-16-20(19-3-2-4-21(15-19)32(38)39)5-8-27(25)41-33(29)10-12-34-13-11-33;/h2-5,8-9,14-18,23,29,34H,6-7,10-13H2,1H3,(H,38,39);/q;+1/p-1/t29-;/m1./s1. The van der Waals surface area contributed by atoms with Gasteiger partial charge in [-0.05, 0) is 79.0 Å². The summed E-state index contributed by atoms with van der Waals surface area (Å²) in [5.74, 6) is -1.83. The summed E-state index contributed by atoms with van der Waals surface area (Å²) in [4.78, 5) is 40.2. The van der Waals surface area contributed by atoms with E-state index in [4.69, 9.17) is 9.47 Å². The monoisotopic (exact) mass is 572 g/mol. The van der Waals surface area contributed by atoms with E-state index in [9.17, 15) is 19.5 Å². The summed E-state index contributed by atoms with van der Waals surface area (Å²) in [6.45, 7) is 1.26. The largest absolute Gasteiger partial charge is 1.00 e. The predicted molar refractivity (Wildman–Crippen MR) is 151 cm³/mol. The van der Waals surface area contributed by atoms with Crippen LogP contribution in [-0.2, 0) is 0 Å². The fourth-order valence-corrected chi connectivity index (χ4v) is 6.46. The summed E-state index contributed by atoms with van der Waals surface area (Å²) >= 11 is 0. The summed E-state index contributed by atoms with van der Waals surface area (Å²) in [5, 5.41) is 15.7. The van der Waals surface area contributed by atoms with Gasteiger partial charge in [-0.25, -0.2) is 0 Å². The van der Waals surface area contributed by atoms with Crippen molar-refractivity contribution in [3.05, 3.63) is 83.6 Å². The van der Waals surface area contributed by atoms with Crippen LogP contribution in [0.1, 0.15) is 62.8 Å². The summed E-state index contributed by atoms with van der Waals surface area (Å²) in [5.41, 5.74) is 2.03. The maximum absolute atomic E-state index is 14.4. The number of carbonyl (C=O) groups is 3. The fraction of sp³-hybridized carbons (Fsp3) is 0.303. The molecule has 1 aromatic heterocycles. The van der Waals surface area contributed by atoms with E-state index in [1.165, 1.54) is 12.1 Å². The number of aromatic carboxylic acids is 1. The number of ketones is 2. The van der Waals surface area contributed by atoms with E-state index in [1.54, 1.807) is 37.4 Å². The molecule has 0 amide bonds. The second-order valence-electron chi connectivity index (χ2n) is 11.2. The van der Waals surface area contributed by atoms with Gasteiger partial charge in [-0.1, -0.05) is 24.3 Å². The molecule has 3 aromatic carbocycles. The van der Waals surface area contributed by atoms with Crippen LogP contribution in [0.2, 0.25) is 0 Å². The Kier molecular flexibility index (Phi) is 7.51. The average molecular weight is 573 g/mol. The van der Waals surface area contributed by atoms with Gasteiger partial charge in [0.15, 0.2) is 11.6 Å². The molecule has 2 fully saturated rings. The van der Waals surface area contributed by atoms with Gasteiger partial charge in [-0.2, -0.15) is 0 Å². The molecule has 1 saturated heterocycles. The van der Waals surface area contributed by atoms with E-state index in [-0.39, 0.29) is 46.7 Å². The third kappa shape index (κ3) is 4.76. The summed E-state index contributed by atoms with van der Waals surface area (Å²) in [6, 6.07) is 17.7. The first-order valence-electron chi connectivity index (χ1n) is 14.0. The van der Waals surface area contributed by atoms with Crippen molar-refractivity contribution in [2.24, 2.45) is 5.92 Å². The summed E-state index contributed by atoms with van der Waals surface area (Å²) in [6.07, 6.45) is 5.26. The first-order valence-corrected chi connectivity index (χ1v) is 14.0. The Morgan fingerprint density at radius 2 is 1.76 bits per heavy atom. The van der Waals surface area contributed by atoms with Crippen molar-refractivity contribution >= 4 is 28.4 Å². The Labute approximate surface area is 265 Å². The molecule has 0 unspecified atom stereocenters. The molecule has 0 bridgehead atoms. The van der Waals surface area contributed by atoms with Crippen molar-refractivity contribution in [1.29, 1.82) is 0 Å². The Morgan fingerprint density at radius 1 is 1.00 bits per heavy atom. The van der Waals surface area contributed by atoms with Crippen molar-refractivity contribution in [2.75, 3.05) is 20.2 Å². The molecule has 1 aliphatic carbocycles. The second kappa shape index (κ2) is 11.0. The van der Waals surface area contributed by atoms with E-state index in [1.807, 2.05) is 24.4 Å². The molecule has 4 aromatic rings. The quantitative estimate of drug-likeness (QED) is 0.210. The van der Waals surface area contributed by atoms with Crippen LogP contribution in [0.5, 0.6) is 11.5 Å². The van der Waals surface area contributed by atoms with Crippen LogP contribution in [0, 0.1) is 5.92 Å². The number of rotatable bonds is 6. The molecule has 2 aliphatic heterocycles. The Morgan fingerprint density at radius 3 is 2.48 bits per heavy atom. The molecule has 1 spiro atoms. The number of carbonyl (C=O) groups excluding carboxylic acids is 3. The maximum Gasteiger partial charge on any atom is 1.00 e. The number of fused-ring (bicyclic) bond motifs is 2. The van der Waals surface area contributed by atoms with E-state index < -0.39 is 17.5 Å². The van der Waals surface area contributed by atoms with Crippen molar-refractivity contribution in [3.8, 4) is 22.6 Å².